The predicted molar refractivity (Wildman–Crippen MR) is 84.8 cm³/mol. The summed E-state index contributed by atoms with van der Waals surface area (Å²) in [7, 11) is 0. The van der Waals surface area contributed by atoms with E-state index in [1.54, 1.807) is 11.2 Å². The highest BCUT2D eigenvalue weighted by Crippen LogP contribution is 2.28. The van der Waals surface area contributed by atoms with Gasteiger partial charge in [0, 0.05) is 19.3 Å². The highest BCUT2D eigenvalue weighted by molar-refractivity contribution is 6.33. The van der Waals surface area contributed by atoms with Crippen LogP contribution in [0.25, 0.3) is 0 Å². The Morgan fingerprint density at radius 2 is 1.95 bits per heavy atom. The minimum absolute atomic E-state index is 0.0392. The zero-order valence-electron chi connectivity index (χ0n) is 12.1. The number of hydrazine groups is 1. The van der Waals surface area contributed by atoms with E-state index in [0.29, 0.717) is 10.6 Å². The van der Waals surface area contributed by atoms with Crippen LogP contribution in [0.15, 0.2) is 36.0 Å². The second-order valence-electron chi connectivity index (χ2n) is 5.75. The molecule has 2 fully saturated rings. The van der Waals surface area contributed by atoms with Crippen LogP contribution in [-0.2, 0) is 4.79 Å². The molecule has 22 heavy (non-hydrogen) atoms. The van der Waals surface area contributed by atoms with Crippen molar-refractivity contribution in [3.63, 3.8) is 0 Å². The van der Waals surface area contributed by atoms with E-state index in [2.05, 4.69) is 21.0 Å². The summed E-state index contributed by atoms with van der Waals surface area (Å²) in [5.74, 6) is -0.0392. The maximum Gasteiger partial charge on any atom is 0.254 e. The average Bonchev–Trinajstić information content (AvgIpc) is 3.17. The number of benzene rings is 1. The van der Waals surface area contributed by atoms with Crippen molar-refractivity contribution >= 4 is 23.2 Å². The first-order chi connectivity index (χ1) is 10.7. The zero-order valence-corrected chi connectivity index (χ0v) is 12.8. The normalized spacial score (nSPS) is 28.5. The smallest absolute Gasteiger partial charge is 0.254 e. The fourth-order valence-electron chi connectivity index (χ4n) is 3.17. The number of rotatable bonds is 2. The molecule has 0 aromatic heterocycles. The summed E-state index contributed by atoms with van der Waals surface area (Å²) in [5, 5.41) is 8.91. The van der Waals surface area contributed by atoms with Gasteiger partial charge in [0.2, 0.25) is 0 Å². The molecule has 0 bridgehead atoms. The highest BCUT2D eigenvalue weighted by atomic mass is 35.5. The summed E-state index contributed by atoms with van der Waals surface area (Å²) in [6, 6.07) is 7.56. The lowest BCUT2D eigenvalue weighted by Crippen LogP contribution is -2.66. The molecular formula is C15H18ClN5O. The number of amides is 1. The molecule has 116 valence electrons. The Kier molecular flexibility index (Phi) is 3.54. The second-order valence-corrected chi connectivity index (χ2v) is 6.16. The number of halogens is 1. The van der Waals surface area contributed by atoms with Crippen LogP contribution in [0.3, 0.4) is 0 Å². The Labute approximate surface area is 134 Å². The minimum Gasteiger partial charge on any atom is -0.324 e. The SMILES string of the molecule is O=C1NC(N2CCCC2)NC2NN(c3ccccc3Cl)C=C12. The number of para-hydroxylation sites is 1. The summed E-state index contributed by atoms with van der Waals surface area (Å²) in [6.07, 6.45) is 3.85. The Morgan fingerprint density at radius 1 is 1.18 bits per heavy atom. The van der Waals surface area contributed by atoms with Gasteiger partial charge in [-0.3, -0.25) is 20.0 Å². The van der Waals surface area contributed by atoms with Crippen molar-refractivity contribution < 1.29 is 4.79 Å². The quantitative estimate of drug-likeness (QED) is 0.758. The number of likely N-dealkylation sites (tertiary alicyclic amines) is 1. The monoisotopic (exact) mass is 319 g/mol. The fraction of sp³-hybridized carbons (Fsp3) is 0.400. The largest absolute Gasteiger partial charge is 0.324 e. The van der Waals surface area contributed by atoms with Gasteiger partial charge in [0.1, 0.15) is 12.5 Å². The van der Waals surface area contributed by atoms with Crippen LogP contribution in [0, 0.1) is 0 Å². The molecule has 0 radical (unpaired) electrons. The van der Waals surface area contributed by atoms with E-state index in [1.165, 1.54) is 12.8 Å². The molecule has 2 saturated heterocycles. The van der Waals surface area contributed by atoms with Crippen molar-refractivity contribution in [1.82, 2.24) is 21.0 Å². The lowest BCUT2D eigenvalue weighted by Gasteiger charge is -2.36. The van der Waals surface area contributed by atoms with Crippen LogP contribution < -0.4 is 21.1 Å². The molecule has 3 aliphatic rings. The summed E-state index contributed by atoms with van der Waals surface area (Å²) in [6.45, 7) is 2.02. The maximum atomic E-state index is 12.4. The molecule has 1 aromatic carbocycles. The van der Waals surface area contributed by atoms with Crippen LogP contribution in [0.4, 0.5) is 5.69 Å². The van der Waals surface area contributed by atoms with Crippen molar-refractivity contribution in [2.45, 2.75) is 25.3 Å². The first-order valence-electron chi connectivity index (χ1n) is 7.55. The predicted octanol–water partition coefficient (Wildman–Crippen LogP) is 0.973. The second kappa shape index (κ2) is 5.55. The van der Waals surface area contributed by atoms with Gasteiger partial charge in [0.25, 0.3) is 5.91 Å². The van der Waals surface area contributed by atoms with Crippen molar-refractivity contribution in [1.29, 1.82) is 0 Å². The molecule has 6 nitrogen and oxygen atoms in total. The molecule has 0 spiro atoms. The molecule has 2 atom stereocenters. The average molecular weight is 320 g/mol. The van der Waals surface area contributed by atoms with E-state index in [-0.39, 0.29) is 18.4 Å². The van der Waals surface area contributed by atoms with E-state index < -0.39 is 0 Å². The fourth-order valence-corrected chi connectivity index (χ4v) is 3.39. The Hall–Kier alpha value is -1.60. The number of hydrogen-bond acceptors (Lipinski definition) is 5. The van der Waals surface area contributed by atoms with Crippen molar-refractivity contribution in [3.8, 4) is 0 Å². The third-order valence-electron chi connectivity index (χ3n) is 4.32. The van der Waals surface area contributed by atoms with Gasteiger partial charge in [0.15, 0.2) is 0 Å². The molecule has 3 aliphatic heterocycles. The van der Waals surface area contributed by atoms with Crippen LogP contribution in [0.1, 0.15) is 12.8 Å². The number of carbonyl (C=O) groups is 1. The van der Waals surface area contributed by atoms with Crippen LogP contribution >= 0.6 is 11.6 Å². The number of anilines is 1. The van der Waals surface area contributed by atoms with Gasteiger partial charge in [-0.2, -0.15) is 0 Å². The van der Waals surface area contributed by atoms with E-state index in [0.717, 1.165) is 18.8 Å². The molecule has 0 saturated carbocycles. The summed E-state index contributed by atoms with van der Waals surface area (Å²) in [5.41, 5.74) is 4.80. The molecule has 1 amide bonds. The summed E-state index contributed by atoms with van der Waals surface area (Å²) >= 11 is 6.23. The molecule has 4 rings (SSSR count). The van der Waals surface area contributed by atoms with Gasteiger partial charge in [-0.25, -0.2) is 5.43 Å². The van der Waals surface area contributed by atoms with Gasteiger partial charge in [-0.15, -0.1) is 0 Å². The molecule has 3 heterocycles. The van der Waals surface area contributed by atoms with Crippen molar-refractivity contribution in [2.75, 3.05) is 18.1 Å². The lowest BCUT2D eigenvalue weighted by molar-refractivity contribution is -0.121. The molecule has 7 heteroatoms. The maximum absolute atomic E-state index is 12.4. The summed E-state index contributed by atoms with van der Waals surface area (Å²) < 4.78 is 0. The van der Waals surface area contributed by atoms with Gasteiger partial charge in [-0.05, 0) is 25.0 Å². The van der Waals surface area contributed by atoms with Gasteiger partial charge in [-0.1, -0.05) is 23.7 Å². The molecule has 2 unspecified atom stereocenters. The first-order valence-corrected chi connectivity index (χ1v) is 7.93. The molecular weight excluding hydrogens is 302 g/mol. The van der Waals surface area contributed by atoms with Gasteiger partial charge < -0.3 is 5.32 Å². The zero-order chi connectivity index (χ0) is 15.1. The topological polar surface area (TPSA) is 59.6 Å². The number of nitrogens with one attached hydrogen (secondary N) is 3. The molecule has 3 N–H and O–H groups in total. The third kappa shape index (κ3) is 2.38. The van der Waals surface area contributed by atoms with E-state index in [9.17, 15) is 4.79 Å². The molecule has 0 aliphatic carbocycles. The molecule has 1 aromatic rings. The van der Waals surface area contributed by atoms with Crippen LogP contribution in [-0.4, -0.2) is 36.4 Å². The number of fused-ring (bicyclic) bond motifs is 1. The van der Waals surface area contributed by atoms with E-state index >= 15 is 0 Å². The highest BCUT2D eigenvalue weighted by Gasteiger charge is 2.38. The van der Waals surface area contributed by atoms with Gasteiger partial charge >= 0.3 is 0 Å². The van der Waals surface area contributed by atoms with E-state index in [4.69, 9.17) is 11.6 Å². The van der Waals surface area contributed by atoms with Crippen LogP contribution in [0.2, 0.25) is 5.02 Å². The van der Waals surface area contributed by atoms with Crippen molar-refractivity contribution in [2.24, 2.45) is 0 Å². The van der Waals surface area contributed by atoms with E-state index in [1.807, 2.05) is 24.3 Å². The Balaban J connectivity index is 1.54. The lowest BCUT2D eigenvalue weighted by atomic mass is 10.2. The minimum atomic E-state index is -0.198. The number of hydrogen-bond donors (Lipinski definition) is 3. The number of carbonyl (C=O) groups excluding carboxylic acids is 1. The number of nitrogens with zero attached hydrogens (tertiary/aromatic N) is 2. The van der Waals surface area contributed by atoms with Crippen molar-refractivity contribution in [3.05, 3.63) is 41.1 Å². The van der Waals surface area contributed by atoms with Crippen LogP contribution in [0.5, 0.6) is 0 Å². The summed E-state index contributed by atoms with van der Waals surface area (Å²) in [4.78, 5) is 14.6. The Morgan fingerprint density at radius 3 is 2.73 bits per heavy atom. The Bertz CT molecular complexity index is 628. The van der Waals surface area contributed by atoms with Gasteiger partial charge in [0.05, 0.1) is 16.3 Å². The first kappa shape index (κ1) is 14.0. The standard InChI is InChI=1S/C15H18ClN5O/c16-11-5-1-2-6-12(11)21-9-10-13(19-21)17-15(18-14(10)22)20-7-3-4-8-20/h1-2,5-6,9,13,15,17,19H,3-4,7-8H2,(H,18,22). The third-order valence-corrected chi connectivity index (χ3v) is 4.64.